The highest BCUT2D eigenvalue weighted by atomic mass is 16.6. The average Bonchev–Trinajstić information content (AvgIpc) is 2.70. The van der Waals surface area contributed by atoms with Crippen molar-refractivity contribution in [2.45, 2.75) is 25.8 Å². The lowest BCUT2D eigenvalue weighted by Crippen LogP contribution is -2.31. The lowest BCUT2D eigenvalue weighted by molar-refractivity contribution is -0.385. The molecule has 1 aliphatic rings. The molecular weight excluding hydrogens is 208 g/mol. The predicted octanol–water partition coefficient (Wildman–Crippen LogP) is 1.37. The summed E-state index contributed by atoms with van der Waals surface area (Å²) >= 11 is 0. The van der Waals surface area contributed by atoms with Crippen LogP contribution in [0.5, 0.6) is 0 Å². The average molecular weight is 227 g/mol. The lowest BCUT2D eigenvalue weighted by atomic mass is 10.1. The molecule has 2 rings (SSSR count). The summed E-state index contributed by atoms with van der Waals surface area (Å²) in [5.41, 5.74) is 0.404. The molecule has 1 aromatic heterocycles. The van der Waals surface area contributed by atoms with Gasteiger partial charge in [-0.3, -0.25) is 14.8 Å². The van der Waals surface area contributed by atoms with Crippen molar-refractivity contribution >= 4 is 5.69 Å². The van der Waals surface area contributed by atoms with Gasteiger partial charge in [-0.1, -0.05) is 0 Å². The fourth-order valence-electron chi connectivity index (χ4n) is 1.97. The minimum atomic E-state index is -2.06. The van der Waals surface area contributed by atoms with Crippen LogP contribution >= 0.6 is 0 Å². The van der Waals surface area contributed by atoms with Gasteiger partial charge in [0.15, 0.2) is 0 Å². The predicted molar refractivity (Wildman–Crippen MR) is 59.4 cm³/mol. The maximum absolute atomic E-state index is 10.8. The van der Waals surface area contributed by atoms with E-state index in [1.54, 1.807) is 11.6 Å². The van der Waals surface area contributed by atoms with Gasteiger partial charge in [0, 0.05) is 4.11 Å². The first kappa shape index (κ1) is 7.78. The number of aromatic nitrogens is 2. The standard InChI is InChI=1S/C10H16N4O2/c1-8-10(14(15)16)7-13(11-8)9-3-5-12(2)6-4-9/h7,9H,3-6H2,1-2H3/i2D3. The van der Waals surface area contributed by atoms with Crippen LogP contribution in [0.1, 0.15) is 28.7 Å². The van der Waals surface area contributed by atoms with Gasteiger partial charge in [-0.25, -0.2) is 0 Å². The van der Waals surface area contributed by atoms with Gasteiger partial charge in [-0.2, -0.15) is 5.10 Å². The van der Waals surface area contributed by atoms with Crippen LogP contribution in [0.25, 0.3) is 0 Å². The minimum absolute atomic E-state index is 0.0123. The van der Waals surface area contributed by atoms with E-state index in [2.05, 4.69) is 5.10 Å². The molecule has 1 aromatic rings. The Kier molecular flexibility index (Phi) is 2.05. The normalized spacial score (nSPS) is 22.4. The van der Waals surface area contributed by atoms with Crippen LogP contribution in [0.2, 0.25) is 0 Å². The second kappa shape index (κ2) is 4.21. The summed E-state index contributed by atoms with van der Waals surface area (Å²) in [7, 11) is 0. The molecule has 1 saturated heterocycles. The van der Waals surface area contributed by atoms with Crippen LogP contribution in [0, 0.1) is 17.0 Å². The summed E-state index contributed by atoms with van der Waals surface area (Å²) in [4.78, 5) is 11.8. The van der Waals surface area contributed by atoms with Gasteiger partial charge in [-0.05, 0) is 39.8 Å². The smallest absolute Gasteiger partial charge is 0.306 e. The van der Waals surface area contributed by atoms with Crippen LogP contribution in [-0.4, -0.2) is 39.7 Å². The molecule has 0 spiro atoms. The molecule has 0 saturated carbocycles. The Morgan fingerprint density at radius 1 is 1.62 bits per heavy atom. The summed E-state index contributed by atoms with van der Waals surface area (Å²) < 4.78 is 23.6. The Morgan fingerprint density at radius 3 is 2.81 bits per heavy atom. The molecule has 0 bridgehead atoms. The molecule has 0 amide bonds. The first-order valence-electron chi connectivity index (χ1n) is 6.74. The zero-order valence-electron chi connectivity index (χ0n) is 12.1. The largest absolute Gasteiger partial charge is 0.309 e. The van der Waals surface area contributed by atoms with E-state index in [0.29, 0.717) is 31.6 Å². The van der Waals surface area contributed by atoms with Crippen molar-refractivity contribution in [1.82, 2.24) is 14.7 Å². The van der Waals surface area contributed by atoms with Gasteiger partial charge in [-0.15, -0.1) is 0 Å². The number of hydrogen-bond donors (Lipinski definition) is 0. The number of piperidine rings is 1. The second-order valence-electron chi connectivity index (χ2n) is 4.06. The first-order chi connectivity index (χ1) is 8.79. The van der Waals surface area contributed by atoms with Crippen LogP contribution in [0.3, 0.4) is 0 Å². The highest BCUT2D eigenvalue weighted by Crippen LogP contribution is 2.24. The maximum Gasteiger partial charge on any atom is 0.309 e. The van der Waals surface area contributed by atoms with E-state index in [4.69, 9.17) is 4.11 Å². The van der Waals surface area contributed by atoms with Crippen LogP contribution in [0.15, 0.2) is 6.20 Å². The molecule has 1 aliphatic heterocycles. The Bertz CT molecular complexity index is 478. The van der Waals surface area contributed by atoms with Crippen molar-refractivity contribution in [2.24, 2.45) is 0 Å². The Hall–Kier alpha value is -1.43. The van der Waals surface area contributed by atoms with Gasteiger partial charge in [0.05, 0.1) is 11.0 Å². The van der Waals surface area contributed by atoms with Gasteiger partial charge in [0.1, 0.15) is 11.9 Å². The second-order valence-corrected chi connectivity index (χ2v) is 4.06. The molecule has 0 atom stereocenters. The number of rotatable bonds is 2. The Balaban J connectivity index is 2.06. The third-order valence-electron chi connectivity index (χ3n) is 2.93. The number of nitro groups is 1. The van der Waals surface area contributed by atoms with E-state index >= 15 is 0 Å². The quantitative estimate of drug-likeness (QED) is 0.565. The third-order valence-corrected chi connectivity index (χ3v) is 2.93. The Labute approximate surface area is 98.2 Å². The first-order valence-corrected chi connectivity index (χ1v) is 5.24. The molecule has 1 fully saturated rings. The zero-order valence-corrected chi connectivity index (χ0v) is 9.09. The highest BCUT2D eigenvalue weighted by Gasteiger charge is 2.23. The number of aryl methyl sites for hydroxylation is 1. The molecule has 0 radical (unpaired) electrons. The summed E-state index contributed by atoms with van der Waals surface area (Å²) in [6.45, 7) is 0.449. The van der Waals surface area contributed by atoms with Crippen LogP contribution < -0.4 is 0 Å². The molecule has 2 heterocycles. The summed E-state index contributed by atoms with van der Waals surface area (Å²) in [5, 5.41) is 14.9. The van der Waals surface area contributed by atoms with E-state index in [9.17, 15) is 10.1 Å². The molecule has 0 unspecified atom stereocenters. The van der Waals surface area contributed by atoms with E-state index in [0.717, 1.165) is 0 Å². The summed E-state index contributed by atoms with van der Waals surface area (Å²) in [6.07, 6.45) is 2.71. The van der Waals surface area contributed by atoms with Crippen molar-refractivity contribution in [1.29, 1.82) is 0 Å². The van der Waals surface area contributed by atoms with Crippen molar-refractivity contribution in [2.75, 3.05) is 20.1 Å². The van der Waals surface area contributed by atoms with E-state index < -0.39 is 11.9 Å². The van der Waals surface area contributed by atoms with Gasteiger partial charge >= 0.3 is 5.69 Å². The molecule has 0 aromatic carbocycles. The van der Waals surface area contributed by atoms with E-state index in [1.807, 2.05) is 0 Å². The Morgan fingerprint density at radius 2 is 2.31 bits per heavy atom. The number of nitrogens with zero attached hydrogens (tertiary/aromatic N) is 4. The van der Waals surface area contributed by atoms with E-state index in [-0.39, 0.29) is 11.7 Å². The van der Waals surface area contributed by atoms with Crippen LogP contribution in [0.4, 0.5) is 5.69 Å². The molecule has 0 N–H and O–H groups in total. The fourth-order valence-corrected chi connectivity index (χ4v) is 1.97. The van der Waals surface area contributed by atoms with Gasteiger partial charge in [0.2, 0.25) is 0 Å². The lowest BCUT2D eigenvalue weighted by Gasteiger charge is -2.28. The number of likely N-dealkylation sites (tertiary alicyclic amines) is 1. The molecule has 6 heteroatoms. The van der Waals surface area contributed by atoms with Crippen molar-refractivity contribution in [3.05, 3.63) is 22.0 Å². The summed E-state index contributed by atoms with van der Waals surface area (Å²) in [5.74, 6) is 0. The molecule has 16 heavy (non-hydrogen) atoms. The molecule has 6 nitrogen and oxygen atoms in total. The third kappa shape index (κ3) is 2.06. The monoisotopic (exact) mass is 227 g/mol. The summed E-state index contributed by atoms with van der Waals surface area (Å²) in [6, 6.07) is 0.0333. The van der Waals surface area contributed by atoms with Crippen LogP contribution in [-0.2, 0) is 0 Å². The van der Waals surface area contributed by atoms with Gasteiger partial charge in [0.25, 0.3) is 0 Å². The minimum Gasteiger partial charge on any atom is -0.306 e. The fraction of sp³-hybridized carbons (Fsp3) is 0.700. The maximum atomic E-state index is 10.8. The van der Waals surface area contributed by atoms with E-state index in [1.165, 1.54) is 11.1 Å². The van der Waals surface area contributed by atoms with Gasteiger partial charge < -0.3 is 4.90 Å². The van der Waals surface area contributed by atoms with Crippen molar-refractivity contribution in [3.8, 4) is 0 Å². The molecular formula is C10H16N4O2. The molecule has 88 valence electrons. The molecule has 0 aliphatic carbocycles. The van der Waals surface area contributed by atoms with Crippen molar-refractivity contribution in [3.63, 3.8) is 0 Å². The SMILES string of the molecule is [2H]C([2H])([2H])N1CCC(n2cc([N+](=O)[O-])c(C)n2)CC1. The highest BCUT2D eigenvalue weighted by molar-refractivity contribution is 5.31. The van der Waals surface area contributed by atoms with Crippen molar-refractivity contribution < 1.29 is 9.04 Å². The number of hydrogen-bond acceptors (Lipinski definition) is 4. The topological polar surface area (TPSA) is 64.2 Å². The zero-order chi connectivity index (χ0) is 14.2.